The van der Waals surface area contributed by atoms with Crippen LogP contribution in [0.3, 0.4) is 0 Å². The minimum Gasteiger partial charge on any atom is -0.497 e. The van der Waals surface area contributed by atoms with E-state index in [0.717, 1.165) is 10.4 Å². The Balaban J connectivity index is 2.11. The van der Waals surface area contributed by atoms with Crippen LogP contribution in [0.2, 0.25) is 0 Å². The van der Waals surface area contributed by atoms with Crippen molar-refractivity contribution in [3.05, 3.63) is 59.4 Å². The molecule has 0 saturated carbocycles. The van der Waals surface area contributed by atoms with E-state index in [1.165, 1.54) is 57.6 Å². The average Bonchev–Trinajstić information content (AvgIpc) is 2.65. The number of rotatable bonds is 5. The van der Waals surface area contributed by atoms with Crippen LogP contribution in [0.25, 0.3) is 0 Å². The fourth-order valence-electron chi connectivity index (χ4n) is 2.07. The van der Waals surface area contributed by atoms with Gasteiger partial charge in [0.2, 0.25) is 10.0 Å². The monoisotopic (exact) mass is 395 g/mol. The van der Waals surface area contributed by atoms with Crippen molar-refractivity contribution in [1.29, 1.82) is 0 Å². The third kappa shape index (κ3) is 4.60. The smallest absolute Gasteiger partial charge is 0.272 e. The second-order valence-corrected chi connectivity index (χ2v) is 7.72. The lowest BCUT2D eigenvalue weighted by atomic mass is 10.2. The molecule has 0 heterocycles. The van der Waals surface area contributed by atoms with E-state index in [1.807, 2.05) is 0 Å². The number of carbonyl (C=O) groups excluding carboxylic acids is 2. The van der Waals surface area contributed by atoms with Crippen molar-refractivity contribution in [3.63, 3.8) is 0 Å². The molecule has 0 aromatic heterocycles. The highest BCUT2D eigenvalue weighted by molar-refractivity contribution is 7.89. The van der Waals surface area contributed by atoms with Crippen LogP contribution in [-0.4, -0.2) is 45.7 Å². The van der Waals surface area contributed by atoms with Crippen LogP contribution in [-0.2, 0) is 10.0 Å². The molecule has 2 aromatic carbocycles. The average molecular weight is 395 g/mol. The van der Waals surface area contributed by atoms with E-state index < -0.39 is 27.7 Å². The number of nitrogens with zero attached hydrogens (tertiary/aromatic N) is 1. The maximum absolute atomic E-state index is 13.9. The van der Waals surface area contributed by atoms with Gasteiger partial charge in [0, 0.05) is 25.7 Å². The van der Waals surface area contributed by atoms with Gasteiger partial charge in [0.15, 0.2) is 0 Å². The van der Waals surface area contributed by atoms with E-state index in [2.05, 4.69) is 10.9 Å². The predicted molar refractivity (Wildman–Crippen MR) is 95.2 cm³/mol. The summed E-state index contributed by atoms with van der Waals surface area (Å²) in [5.41, 5.74) is 3.91. The quantitative estimate of drug-likeness (QED) is 0.740. The highest BCUT2D eigenvalue weighted by atomic mass is 32.2. The van der Waals surface area contributed by atoms with Gasteiger partial charge in [0.05, 0.1) is 17.6 Å². The third-order valence-corrected chi connectivity index (χ3v) is 5.40. The number of hydrogen-bond donors (Lipinski definition) is 2. The SMILES string of the molecule is COc1ccc(C(=O)NNC(=O)c2cccc(S(=O)(=O)N(C)C)c2)c(F)c1. The van der Waals surface area contributed by atoms with Gasteiger partial charge in [0.1, 0.15) is 11.6 Å². The molecule has 0 aliphatic rings. The highest BCUT2D eigenvalue weighted by Gasteiger charge is 2.19. The van der Waals surface area contributed by atoms with E-state index in [-0.39, 0.29) is 21.8 Å². The Labute approximate surface area is 156 Å². The van der Waals surface area contributed by atoms with Crippen LogP contribution in [0, 0.1) is 5.82 Å². The molecule has 2 amide bonds. The molecule has 0 aliphatic heterocycles. The number of carbonyl (C=O) groups is 2. The van der Waals surface area contributed by atoms with Crippen LogP contribution in [0.1, 0.15) is 20.7 Å². The first-order chi connectivity index (χ1) is 12.7. The summed E-state index contributed by atoms with van der Waals surface area (Å²) in [5, 5.41) is 0. The summed E-state index contributed by atoms with van der Waals surface area (Å²) in [6.45, 7) is 0. The van der Waals surface area contributed by atoms with Gasteiger partial charge in [-0.05, 0) is 30.3 Å². The van der Waals surface area contributed by atoms with Crippen molar-refractivity contribution in [3.8, 4) is 5.75 Å². The number of hydrogen-bond acceptors (Lipinski definition) is 5. The first-order valence-corrected chi connectivity index (χ1v) is 9.07. The number of amides is 2. The van der Waals surface area contributed by atoms with E-state index >= 15 is 0 Å². The summed E-state index contributed by atoms with van der Waals surface area (Å²) in [6.07, 6.45) is 0. The second-order valence-electron chi connectivity index (χ2n) is 5.57. The standard InChI is InChI=1S/C17H18FN3O5S/c1-21(2)27(24,25)13-6-4-5-11(9-13)16(22)19-20-17(23)14-8-7-12(26-3)10-15(14)18/h4-10H,1-3H3,(H,19,22)(H,20,23). The van der Waals surface area contributed by atoms with Gasteiger partial charge in [-0.3, -0.25) is 20.4 Å². The van der Waals surface area contributed by atoms with Gasteiger partial charge in [-0.15, -0.1) is 0 Å². The van der Waals surface area contributed by atoms with Crippen LogP contribution in [0.5, 0.6) is 5.75 Å². The molecule has 0 radical (unpaired) electrons. The molecule has 10 heteroatoms. The van der Waals surface area contributed by atoms with Gasteiger partial charge in [-0.25, -0.2) is 17.1 Å². The van der Waals surface area contributed by atoms with Gasteiger partial charge in [-0.2, -0.15) is 0 Å². The summed E-state index contributed by atoms with van der Waals surface area (Å²) in [5.74, 6) is -2.21. The Morgan fingerprint density at radius 2 is 1.70 bits per heavy atom. The van der Waals surface area contributed by atoms with Gasteiger partial charge >= 0.3 is 0 Å². The summed E-state index contributed by atoms with van der Waals surface area (Å²) in [7, 11) is 0.379. The largest absolute Gasteiger partial charge is 0.497 e. The highest BCUT2D eigenvalue weighted by Crippen LogP contribution is 2.16. The Morgan fingerprint density at radius 3 is 2.30 bits per heavy atom. The summed E-state index contributed by atoms with van der Waals surface area (Å²) in [6, 6.07) is 8.93. The number of methoxy groups -OCH3 is 1. The van der Waals surface area contributed by atoms with Crippen LogP contribution in [0.4, 0.5) is 4.39 Å². The topological polar surface area (TPSA) is 105 Å². The van der Waals surface area contributed by atoms with Crippen molar-refractivity contribution in [2.75, 3.05) is 21.2 Å². The van der Waals surface area contributed by atoms with E-state index in [9.17, 15) is 22.4 Å². The summed E-state index contributed by atoms with van der Waals surface area (Å²) < 4.78 is 44.0. The predicted octanol–water partition coefficient (Wildman–Crippen LogP) is 1.16. The van der Waals surface area contributed by atoms with Gasteiger partial charge < -0.3 is 4.74 Å². The molecular weight excluding hydrogens is 377 g/mol. The maximum Gasteiger partial charge on any atom is 0.272 e. The molecule has 0 bridgehead atoms. The lowest BCUT2D eigenvalue weighted by Gasteiger charge is -2.12. The Morgan fingerprint density at radius 1 is 1.04 bits per heavy atom. The van der Waals surface area contributed by atoms with Crippen molar-refractivity contribution in [2.24, 2.45) is 0 Å². The lowest BCUT2D eigenvalue weighted by Crippen LogP contribution is -2.42. The minimum absolute atomic E-state index is 0.00780. The number of ether oxygens (including phenoxy) is 1. The molecule has 2 aromatic rings. The molecule has 0 fully saturated rings. The van der Waals surface area contributed by atoms with Crippen molar-refractivity contribution >= 4 is 21.8 Å². The van der Waals surface area contributed by atoms with Crippen molar-refractivity contribution in [1.82, 2.24) is 15.2 Å². The van der Waals surface area contributed by atoms with Crippen molar-refractivity contribution in [2.45, 2.75) is 4.90 Å². The molecule has 2 rings (SSSR count). The molecule has 27 heavy (non-hydrogen) atoms. The summed E-state index contributed by atoms with van der Waals surface area (Å²) >= 11 is 0. The van der Waals surface area contributed by atoms with E-state index in [4.69, 9.17) is 4.74 Å². The number of benzene rings is 2. The van der Waals surface area contributed by atoms with Gasteiger partial charge in [-0.1, -0.05) is 6.07 Å². The zero-order valence-corrected chi connectivity index (χ0v) is 15.6. The number of sulfonamides is 1. The molecule has 8 nitrogen and oxygen atoms in total. The first kappa shape index (κ1) is 20.3. The zero-order chi connectivity index (χ0) is 20.2. The molecule has 0 saturated heterocycles. The Kier molecular flexibility index (Phi) is 6.13. The third-order valence-electron chi connectivity index (χ3n) is 3.59. The van der Waals surface area contributed by atoms with Gasteiger partial charge in [0.25, 0.3) is 11.8 Å². The summed E-state index contributed by atoms with van der Waals surface area (Å²) in [4.78, 5) is 24.1. The minimum atomic E-state index is -3.71. The fraction of sp³-hybridized carbons (Fsp3) is 0.176. The molecule has 144 valence electrons. The number of halogens is 1. The van der Waals surface area contributed by atoms with E-state index in [1.54, 1.807) is 0 Å². The molecule has 0 spiro atoms. The number of nitrogens with one attached hydrogen (secondary N) is 2. The Bertz CT molecular complexity index is 976. The van der Waals surface area contributed by atoms with Crippen LogP contribution in [0.15, 0.2) is 47.4 Å². The first-order valence-electron chi connectivity index (χ1n) is 7.63. The molecular formula is C17H18FN3O5S. The molecule has 0 unspecified atom stereocenters. The normalized spacial score (nSPS) is 11.1. The van der Waals surface area contributed by atoms with Crippen LogP contribution < -0.4 is 15.6 Å². The Hall–Kier alpha value is -2.98. The van der Waals surface area contributed by atoms with E-state index in [0.29, 0.717) is 0 Å². The molecule has 0 atom stereocenters. The maximum atomic E-state index is 13.9. The zero-order valence-electron chi connectivity index (χ0n) is 14.8. The van der Waals surface area contributed by atoms with Crippen LogP contribution >= 0.6 is 0 Å². The fourth-order valence-corrected chi connectivity index (χ4v) is 3.02. The number of hydrazine groups is 1. The lowest BCUT2D eigenvalue weighted by molar-refractivity contribution is 0.0844. The molecule has 2 N–H and O–H groups in total. The second kappa shape index (κ2) is 8.14. The molecule has 0 aliphatic carbocycles. The van der Waals surface area contributed by atoms with Crippen molar-refractivity contribution < 1.29 is 27.1 Å².